The van der Waals surface area contributed by atoms with Crippen LogP contribution < -0.4 is 10.6 Å². The Morgan fingerprint density at radius 2 is 1.25 bits per heavy atom. The second kappa shape index (κ2) is 10.6. The van der Waals surface area contributed by atoms with E-state index in [-0.39, 0.29) is 6.17 Å². The van der Waals surface area contributed by atoms with Crippen LogP contribution in [0.15, 0.2) is 152 Å². The Morgan fingerprint density at radius 3 is 2.10 bits per heavy atom. The second-order valence-electron chi connectivity index (χ2n) is 12.2. The molecule has 8 aromatic rings. The zero-order chi connectivity index (χ0) is 31.6. The second-order valence-corrected chi connectivity index (χ2v) is 12.2. The molecule has 0 bridgehead atoms. The van der Waals surface area contributed by atoms with E-state index in [1.54, 1.807) is 0 Å². The molecule has 1 atom stereocenters. The fourth-order valence-corrected chi connectivity index (χ4v) is 7.27. The normalized spacial score (nSPS) is 15.7. The number of hydrogen-bond acceptors (Lipinski definition) is 6. The van der Waals surface area contributed by atoms with Crippen molar-refractivity contribution in [1.82, 2.24) is 10.6 Å². The molecule has 48 heavy (non-hydrogen) atoms. The van der Waals surface area contributed by atoms with Crippen LogP contribution in [0.25, 0.3) is 60.9 Å². The molecule has 0 radical (unpaired) electrons. The molecule has 2 N–H and O–H groups in total. The highest BCUT2D eigenvalue weighted by molar-refractivity contribution is 6.22. The van der Waals surface area contributed by atoms with Gasteiger partial charge < -0.3 is 19.5 Å². The summed E-state index contributed by atoms with van der Waals surface area (Å²) >= 11 is 0. The van der Waals surface area contributed by atoms with E-state index in [1.165, 1.54) is 0 Å². The van der Waals surface area contributed by atoms with E-state index in [0.717, 1.165) is 88.7 Å². The zero-order valence-corrected chi connectivity index (χ0v) is 25.8. The van der Waals surface area contributed by atoms with Crippen molar-refractivity contribution in [2.45, 2.75) is 12.7 Å². The lowest BCUT2D eigenvalue weighted by Gasteiger charge is -2.25. The minimum absolute atomic E-state index is 0.325. The van der Waals surface area contributed by atoms with Crippen molar-refractivity contribution >= 4 is 61.4 Å². The number of rotatable bonds is 4. The van der Waals surface area contributed by atoms with Gasteiger partial charge in [-0.2, -0.15) is 0 Å². The van der Waals surface area contributed by atoms with Gasteiger partial charge in [0.25, 0.3) is 0 Å². The third kappa shape index (κ3) is 4.12. The molecule has 228 valence electrons. The summed E-state index contributed by atoms with van der Waals surface area (Å²) < 4.78 is 12.5. The molecule has 1 unspecified atom stereocenters. The largest absolute Gasteiger partial charge is 0.456 e. The lowest BCUT2D eigenvalue weighted by atomic mass is 9.92. The van der Waals surface area contributed by atoms with Gasteiger partial charge in [0.2, 0.25) is 0 Å². The molecule has 0 amide bonds. The van der Waals surface area contributed by atoms with E-state index in [2.05, 4.69) is 89.5 Å². The van der Waals surface area contributed by atoms with Crippen molar-refractivity contribution in [2.24, 2.45) is 9.98 Å². The van der Waals surface area contributed by atoms with E-state index in [9.17, 15) is 0 Å². The van der Waals surface area contributed by atoms with Gasteiger partial charge in [0.1, 0.15) is 34.5 Å². The van der Waals surface area contributed by atoms with Crippen LogP contribution >= 0.6 is 0 Å². The molecule has 0 aliphatic carbocycles. The van der Waals surface area contributed by atoms with Crippen LogP contribution in [0.4, 0.5) is 0 Å². The summed E-state index contributed by atoms with van der Waals surface area (Å²) in [5.74, 6) is 2.32. The Balaban J connectivity index is 1.18. The first kappa shape index (κ1) is 26.8. The van der Waals surface area contributed by atoms with Gasteiger partial charge in [0.15, 0.2) is 5.84 Å². The maximum absolute atomic E-state index is 6.26. The standard InChI is InChI=1S/C42H28N4O2/c1-2-10-25(11-3-1)40-44-41(46-42(45-40)32-16-9-19-37-39(32)33-24-43-23-22-35(33)48-37)30-21-20-28(26-12-4-5-13-27(26)30)29-15-8-18-36-38(29)31-14-6-7-17-34(31)47-36/h1-23,40,43H,24H2,(H,44,45,46). The number of benzene rings is 6. The predicted octanol–water partition coefficient (Wildman–Crippen LogP) is 9.72. The maximum atomic E-state index is 6.26. The SMILES string of the molecule is C1=Cc2oc3cccc(C4=NC(c5ccccc5)NC(c5ccc(-c6cccc7oc8ccccc8c67)c6ccccc56)=N4)c3c2CN1. The molecule has 2 aliphatic rings. The van der Waals surface area contributed by atoms with E-state index < -0.39 is 0 Å². The van der Waals surface area contributed by atoms with Crippen molar-refractivity contribution in [3.8, 4) is 11.1 Å². The lowest BCUT2D eigenvalue weighted by Crippen LogP contribution is -2.33. The van der Waals surface area contributed by atoms with Crippen LogP contribution in [-0.4, -0.2) is 11.7 Å². The molecule has 0 saturated heterocycles. The van der Waals surface area contributed by atoms with Crippen LogP contribution in [0, 0.1) is 0 Å². The van der Waals surface area contributed by atoms with Crippen molar-refractivity contribution in [3.05, 3.63) is 162 Å². The number of amidine groups is 2. The molecule has 10 rings (SSSR count). The maximum Gasteiger partial charge on any atom is 0.160 e. The van der Waals surface area contributed by atoms with Crippen LogP contribution in [-0.2, 0) is 6.54 Å². The van der Waals surface area contributed by atoms with Crippen LogP contribution in [0.3, 0.4) is 0 Å². The van der Waals surface area contributed by atoms with E-state index in [0.29, 0.717) is 12.4 Å². The summed E-state index contributed by atoms with van der Waals surface area (Å²) in [6.07, 6.45) is 3.59. The van der Waals surface area contributed by atoms with E-state index in [1.807, 2.05) is 60.8 Å². The third-order valence-corrected chi connectivity index (χ3v) is 9.45. The zero-order valence-electron chi connectivity index (χ0n) is 25.8. The van der Waals surface area contributed by atoms with Crippen molar-refractivity contribution < 1.29 is 8.83 Å². The van der Waals surface area contributed by atoms with Gasteiger partial charge in [-0.25, -0.2) is 9.98 Å². The number of nitrogens with zero attached hydrogens (tertiary/aromatic N) is 2. The number of furan rings is 2. The molecule has 0 fully saturated rings. The Morgan fingerprint density at radius 1 is 0.562 bits per heavy atom. The number of para-hydroxylation sites is 1. The average molecular weight is 621 g/mol. The third-order valence-electron chi connectivity index (χ3n) is 9.45. The van der Waals surface area contributed by atoms with Crippen LogP contribution in [0.2, 0.25) is 0 Å². The summed E-state index contributed by atoms with van der Waals surface area (Å²) in [7, 11) is 0. The van der Waals surface area contributed by atoms with Crippen molar-refractivity contribution in [3.63, 3.8) is 0 Å². The first-order valence-corrected chi connectivity index (χ1v) is 16.2. The number of hydrogen-bond donors (Lipinski definition) is 2. The lowest BCUT2D eigenvalue weighted by molar-refractivity contribution is 0.592. The Labute approximate surface area is 275 Å². The summed E-state index contributed by atoms with van der Waals surface area (Å²) in [4.78, 5) is 10.5. The van der Waals surface area contributed by atoms with Gasteiger partial charge >= 0.3 is 0 Å². The van der Waals surface area contributed by atoms with Gasteiger partial charge in [-0.05, 0) is 51.7 Å². The molecular weight excluding hydrogens is 592 g/mol. The van der Waals surface area contributed by atoms with Crippen LogP contribution in [0.5, 0.6) is 0 Å². The smallest absolute Gasteiger partial charge is 0.160 e. The fourth-order valence-electron chi connectivity index (χ4n) is 7.27. The van der Waals surface area contributed by atoms with Gasteiger partial charge in [-0.1, -0.05) is 109 Å². The predicted molar refractivity (Wildman–Crippen MR) is 194 cm³/mol. The Bertz CT molecular complexity index is 2660. The molecule has 6 aromatic carbocycles. The average Bonchev–Trinajstić information content (AvgIpc) is 3.73. The molecule has 0 saturated carbocycles. The van der Waals surface area contributed by atoms with Gasteiger partial charge in [0.05, 0.1) is 0 Å². The summed E-state index contributed by atoms with van der Waals surface area (Å²) in [5.41, 5.74) is 9.03. The molecule has 0 spiro atoms. The highest BCUT2D eigenvalue weighted by Gasteiger charge is 2.26. The van der Waals surface area contributed by atoms with Crippen molar-refractivity contribution in [1.29, 1.82) is 0 Å². The monoisotopic (exact) mass is 620 g/mol. The minimum atomic E-state index is -0.325. The molecule has 2 aliphatic heterocycles. The fraction of sp³-hybridized carbons (Fsp3) is 0.0476. The highest BCUT2D eigenvalue weighted by Crippen LogP contribution is 2.40. The molecule has 6 nitrogen and oxygen atoms in total. The van der Waals surface area contributed by atoms with Gasteiger partial charge in [-0.3, -0.25) is 0 Å². The first-order chi connectivity index (χ1) is 23.8. The first-order valence-electron chi connectivity index (χ1n) is 16.2. The number of nitrogens with one attached hydrogen (secondary N) is 2. The van der Waals surface area contributed by atoms with Gasteiger partial charge in [-0.15, -0.1) is 0 Å². The highest BCUT2D eigenvalue weighted by atomic mass is 16.3. The number of aliphatic imine (C=N–C) groups is 2. The molecule has 2 aromatic heterocycles. The van der Waals surface area contributed by atoms with Crippen molar-refractivity contribution in [2.75, 3.05) is 0 Å². The molecular formula is C42H28N4O2. The van der Waals surface area contributed by atoms with E-state index in [4.69, 9.17) is 18.8 Å². The number of fused-ring (bicyclic) bond motifs is 7. The Hall–Kier alpha value is -6.40. The quantitative estimate of drug-likeness (QED) is 0.205. The summed E-state index contributed by atoms with van der Waals surface area (Å²) in [5, 5.41) is 12.6. The summed E-state index contributed by atoms with van der Waals surface area (Å²) in [6.45, 7) is 0.685. The van der Waals surface area contributed by atoms with Gasteiger partial charge in [0, 0.05) is 45.6 Å². The van der Waals surface area contributed by atoms with Crippen LogP contribution in [0.1, 0.15) is 34.2 Å². The summed E-state index contributed by atoms with van der Waals surface area (Å²) in [6, 6.07) is 44.0. The van der Waals surface area contributed by atoms with E-state index >= 15 is 0 Å². The minimum Gasteiger partial charge on any atom is -0.456 e. The Kier molecular flexibility index (Phi) is 5.90. The molecule has 4 heterocycles. The molecule has 6 heteroatoms. The topological polar surface area (TPSA) is 75.1 Å².